The number of hydrogen-bond donors (Lipinski definition) is 1. The maximum absolute atomic E-state index is 5.83. The minimum Gasteiger partial charge on any atom is -0.376 e. The van der Waals surface area contributed by atoms with Gasteiger partial charge in [0.15, 0.2) is 0 Å². The third-order valence-corrected chi connectivity index (χ3v) is 4.63. The van der Waals surface area contributed by atoms with Crippen LogP contribution < -0.4 is 0 Å². The van der Waals surface area contributed by atoms with E-state index in [4.69, 9.17) is 4.74 Å². The molecule has 1 rings (SSSR count). The normalized spacial score (nSPS) is 11.8. The number of hydrogen-bond acceptors (Lipinski definition) is 2. The number of benzene rings is 1. The molecule has 0 radical (unpaired) electrons. The SMILES string of the molecule is CCC(CC)(CS)COCc1ccc(Br)cc1. The van der Waals surface area contributed by atoms with E-state index < -0.39 is 0 Å². The Kier molecular flexibility index (Phi) is 6.60. The van der Waals surface area contributed by atoms with Crippen molar-refractivity contribution in [3.63, 3.8) is 0 Å². The Morgan fingerprint density at radius 2 is 1.76 bits per heavy atom. The zero-order chi connectivity index (χ0) is 12.7. The van der Waals surface area contributed by atoms with Crippen LogP contribution in [0.4, 0.5) is 0 Å². The molecule has 3 heteroatoms. The molecule has 0 saturated heterocycles. The van der Waals surface area contributed by atoms with Crippen molar-refractivity contribution in [1.29, 1.82) is 0 Å². The Labute approximate surface area is 118 Å². The summed E-state index contributed by atoms with van der Waals surface area (Å²) in [7, 11) is 0. The lowest BCUT2D eigenvalue weighted by molar-refractivity contribution is 0.0408. The van der Waals surface area contributed by atoms with Gasteiger partial charge in [0.2, 0.25) is 0 Å². The standard InChI is InChI=1S/C14H21BrOS/c1-3-14(4-2,11-17)10-16-9-12-5-7-13(15)8-6-12/h5-8,17H,3-4,9-11H2,1-2H3. The highest BCUT2D eigenvalue weighted by atomic mass is 79.9. The van der Waals surface area contributed by atoms with E-state index in [2.05, 4.69) is 54.5 Å². The minimum atomic E-state index is 0.235. The summed E-state index contributed by atoms with van der Waals surface area (Å²) in [4.78, 5) is 0. The van der Waals surface area contributed by atoms with Crippen LogP contribution in [0.5, 0.6) is 0 Å². The third-order valence-electron chi connectivity index (χ3n) is 3.43. The predicted molar refractivity (Wildman–Crippen MR) is 80.7 cm³/mol. The summed E-state index contributed by atoms with van der Waals surface area (Å²) in [5, 5.41) is 0. The van der Waals surface area contributed by atoms with Crippen LogP contribution in [0.2, 0.25) is 0 Å². The maximum Gasteiger partial charge on any atom is 0.0717 e. The largest absolute Gasteiger partial charge is 0.376 e. The number of thiol groups is 1. The highest BCUT2D eigenvalue weighted by Gasteiger charge is 2.24. The van der Waals surface area contributed by atoms with Crippen molar-refractivity contribution in [2.75, 3.05) is 12.4 Å². The van der Waals surface area contributed by atoms with E-state index in [-0.39, 0.29) is 5.41 Å². The first-order valence-corrected chi connectivity index (χ1v) is 7.51. The average molecular weight is 317 g/mol. The van der Waals surface area contributed by atoms with Gasteiger partial charge in [0.1, 0.15) is 0 Å². The number of halogens is 1. The Bertz CT molecular complexity index is 311. The second kappa shape index (κ2) is 7.45. The third kappa shape index (κ3) is 4.65. The van der Waals surface area contributed by atoms with Crippen LogP contribution in [0.1, 0.15) is 32.3 Å². The fourth-order valence-corrected chi connectivity index (χ4v) is 2.49. The smallest absolute Gasteiger partial charge is 0.0717 e. The maximum atomic E-state index is 5.83. The summed E-state index contributed by atoms with van der Waals surface area (Å²) in [6, 6.07) is 8.27. The average Bonchev–Trinajstić information content (AvgIpc) is 2.38. The molecule has 0 fully saturated rings. The van der Waals surface area contributed by atoms with Crippen molar-refractivity contribution in [1.82, 2.24) is 0 Å². The molecular weight excluding hydrogens is 296 g/mol. The molecule has 1 aromatic carbocycles. The van der Waals surface area contributed by atoms with Gasteiger partial charge < -0.3 is 4.74 Å². The van der Waals surface area contributed by atoms with Gasteiger partial charge in [-0.3, -0.25) is 0 Å². The minimum absolute atomic E-state index is 0.235. The molecule has 1 nitrogen and oxygen atoms in total. The monoisotopic (exact) mass is 316 g/mol. The predicted octanol–water partition coefficient (Wildman–Crippen LogP) is 4.70. The van der Waals surface area contributed by atoms with Crippen LogP contribution in [-0.4, -0.2) is 12.4 Å². The molecular formula is C14H21BrOS. The van der Waals surface area contributed by atoms with E-state index in [0.29, 0.717) is 6.61 Å². The van der Waals surface area contributed by atoms with E-state index in [9.17, 15) is 0 Å². The molecule has 1 aromatic rings. The lowest BCUT2D eigenvalue weighted by Gasteiger charge is -2.29. The number of rotatable bonds is 7. The Morgan fingerprint density at radius 1 is 1.18 bits per heavy atom. The van der Waals surface area contributed by atoms with Gasteiger partial charge in [-0.2, -0.15) is 12.6 Å². The van der Waals surface area contributed by atoms with Gasteiger partial charge in [-0.1, -0.05) is 41.9 Å². The van der Waals surface area contributed by atoms with Crippen LogP contribution in [-0.2, 0) is 11.3 Å². The molecule has 0 aliphatic rings. The first-order valence-electron chi connectivity index (χ1n) is 6.09. The summed E-state index contributed by atoms with van der Waals surface area (Å²) in [6.07, 6.45) is 2.24. The summed E-state index contributed by atoms with van der Waals surface area (Å²) in [6.45, 7) is 5.90. The molecule has 0 unspecified atom stereocenters. The zero-order valence-corrected chi connectivity index (χ0v) is 13.1. The Balaban J connectivity index is 2.43. The molecule has 17 heavy (non-hydrogen) atoms. The highest BCUT2D eigenvalue weighted by molar-refractivity contribution is 9.10. The molecule has 0 aliphatic heterocycles. The Morgan fingerprint density at radius 3 is 2.24 bits per heavy atom. The second-order valence-electron chi connectivity index (χ2n) is 4.48. The molecule has 0 heterocycles. The fourth-order valence-electron chi connectivity index (χ4n) is 1.69. The second-order valence-corrected chi connectivity index (χ2v) is 5.72. The van der Waals surface area contributed by atoms with E-state index in [1.165, 1.54) is 5.56 Å². The summed E-state index contributed by atoms with van der Waals surface area (Å²) >= 11 is 7.88. The quantitative estimate of drug-likeness (QED) is 0.717. The van der Waals surface area contributed by atoms with Crippen molar-refractivity contribution < 1.29 is 4.74 Å². The summed E-state index contributed by atoms with van der Waals surface area (Å²) in [5.74, 6) is 0.889. The van der Waals surface area contributed by atoms with E-state index in [1.807, 2.05) is 12.1 Å². The molecule has 0 bridgehead atoms. The molecule has 96 valence electrons. The summed E-state index contributed by atoms with van der Waals surface area (Å²) < 4.78 is 6.94. The molecule has 0 spiro atoms. The molecule has 0 N–H and O–H groups in total. The van der Waals surface area contributed by atoms with Crippen LogP contribution in [0.15, 0.2) is 28.7 Å². The van der Waals surface area contributed by atoms with Crippen molar-refractivity contribution in [2.45, 2.75) is 33.3 Å². The van der Waals surface area contributed by atoms with Gasteiger partial charge in [0.25, 0.3) is 0 Å². The zero-order valence-electron chi connectivity index (χ0n) is 10.6. The van der Waals surface area contributed by atoms with Crippen molar-refractivity contribution in [2.24, 2.45) is 5.41 Å². The topological polar surface area (TPSA) is 9.23 Å². The highest BCUT2D eigenvalue weighted by Crippen LogP contribution is 2.28. The van der Waals surface area contributed by atoms with E-state index >= 15 is 0 Å². The van der Waals surface area contributed by atoms with Crippen molar-refractivity contribution in [3.8, 4) is 0 Å². The first kappa shape index (κ1) is 15.1. The lowest BCUT2D eigenvalue weighted by atomic mass is 9.85. The van der Waals surface area contributed by atoms with Crippen LogP contribution in [0, 0.1) is 5.41 Å². The van der Waals surface area contributed by atoms with Crippen LogP contribution >= 0.6 is 28.6 Å². The van der Waals surface area contributed by atoms with Gasteiger partial charge >= 0.3 is 0 Å². The van der Waals surface area contributed by atoms with Crippen molar-refractivity contribution >= 4 is 28.6 Å². The van der Waals surface area contributed by atoms with E-state index in [0.717, 1.165) is 29.7 Å². The first-order chi connectivity index (χ1) is 8.15. The van der Waals surface area contributed by atoms with Gasteiger partial charge in [-0.15, -0.1) is 0 Å². The van der Waals surface area contributed by atoms with Gasteiger partial charge in [0.05, 0.1) is 13.2 Å². The number of ether oxygens (including phenoxy) is 1. The van der Waals surface area contributed by atoms with Gasteiger partial charge in [-0.05, 0) is 36.3 Å². The van der Waals surface area contributed by atoms with E-state index in [1.54, 1.807) is 0 Å². The lowest BCUT2D eigenvalue weighted by Crippen LogP contribution is -2.27. The summed E-state index contributed by atoms with van der Waals surface area (Å²) in [5.41, 5.74) is 1.45. The molecule has 0 aliphatic carbocycles. The van der Waals surface area contributed by atoms with Gasteiger partial charge in [0, 0.05) is 9.89 Å². The van der Waals surface area contributed by atoms with Crippen LogP contribution in [0.25, 0.3) is 0 Å². The van der Waals surface area contributed by atoms with Crippen LogP contribution in [0.3, 0.4) is 0 Å². The van der Waals surface area contributed by atoms with Gasteiger partial charge in [-0.25, -0.2) is 0 Å². The molecule has 0 aromatic heterocycles. The van der Waals surface area contributed by atoms with Crippen molar-refractivity contribution in [3.05, 3.63) is 34.3 Å². The molecule has 0 atom stereocenters. The fraction of sp³-hybridized carbons (Fsp3) is 0.571. The molecule has 0 saturated carbocycles. The Hall–Kier alpha value is 0.01000. The molecule has 0 amide bonds.